The Labute approximate surface area is 126 Å². The maximum atomic E-state index is 12.1. The highest BCUT2D eigenvalue weighted by Gasteiger charge is 2.16. The number of rotatable bonds is 8. The van der Waals surface area contributed by atoms with Gasteiger partial charge in [0.05, 0.1) is 5.02 Å². The summed E-state index contributed by atoms with van der Waals surface area (Å²) in [5.74, 6) is 0.953. The van der Waals surface area contributed by atoms with E-state index < -0.39 is 10.0 Å². The highest BCUT2D eigenvalue weighted by Crippen LogP contribution is 2.22. The first kappa shape index (κ1) is 17.2. The van der Waals surface area contributed by atoms with Gasteiger partial charge in [-0.05, 0) is 24.8 Å². The van der Waals surface area contributed by atoms with Crippen molar-refractivity contribution in [3.8, 4) is 0 Å². The fourth-order valence-corrected chi connectivity index (χ4v) is 2.82. The monoisotopic (exact) mass is 319 g/mol. The molecule has 114 valence electrons. The van der Waals surface area contributed by atoms with Gasteiger partial charge in [-0.25, -0.2) is 18.1 Å². The van der Waals surface area contributed by atoms with Crippen LogP contribution in [0.5, 0.6) is 0 Å². The van der Waals surface area contributed by atoms with Gasteiger partial charge in [-0.1, -0.05) is 32.4 Å². The summed E-state index contributed by atoms with van der Waals surface area (Å²) in [6, 6.07) is 1.42. The average Bonchev–Trinajstić information content (AvgIpc) is 2.36. The second kappa shape index (κ2) is 7.81. The highest BCUT2D eigenvalue weighted by atomic mass is 35.5. The first-order valence-electron chi connectivity index (χ1n) is 6.76. The van der Waals surface area contributed by atoms with Crippen molar-refractivity contribution >= 4 is 27.4 Å². The van der Waals surface area contributed by atoms with E-state index in [-0.39, 0.29) is 4.90 Å². The lowest BCUT2D eigenvalue weighted by molar-refractivity contribution is 0.551. The molecule has 0 amide bonds. The van der Waals surface area contributed by atoms with E-state index in [1.807, 2.05) is 20.8 Å². The lowest BCUT2D eigenvalue weighted by Gasteiger charge is -2.10. The summed E-state index contributed by atoms with van der Waals surface area (Å²) in [7, 11) is -3.54. The van der Waals surface area contributed by atoms with Crippen LogP contribution < -0.4 is 10.0 Å². The van der Waals surface area contributed by atoms with Crippen molar-refractivity contribution in [1.82, 2.24) is 9.71 Å². The van der Waals surface area contributed by atoms with Gasteiger partial charge in [-0.3, -0.25) is 0 Å². The van der Waals surface area contributed by atoms with E-state index in [9.17, 15) is 8.42 Å². The standard InChI is InChI=1S/C13H22ClN3O2S/c1-4-6-15-13-12(14)8-11(9-16-13)20(18,19)17-7-5-10(2)3/h8-10,17H,4-7H2,1-3H3,(H,15,16). The van der Waals surface area contributed by atoms with Gasteiger partial charge in [0.25, 0.3) is 0 Å². The van der Waals surface area contributed by atoms with E-state index in [2.05, 4.69) is 15.0 Å². The third-order valence-electron chi connectivity index (χ3n) is 2.68. The number of nitrogens with one attached hydrogen (secondary N) is 2. The van der Waals surface area contributed by atoms with Crippen molar-refractivity contribution in [3.05, 3.63) is 17.3 Å². The molecule has 0 spiro atoms. The molecule has 0 unspecified atom stereocenters. The Morgan fingerprint density at radius 3 is 2.60 bits per heavy atom. The summed E-state index contributed by atoms with van der Waals surface area (Å²) in [4.78, 5) is 4.15. The molecule has 0 aliphatic heterocycles. The molecule has 0 saturated heterocycles. The maximum absolute atomic E-state index is 12.1. The Bertz CT molecular complexity index is 532. The Hall–Kier alpha value is -0.850. The lowest BCUT2D eigenvalue weighted by atomic mass is 10.1. The van der Waals surface area contributed by atoms with Gasteiger partial charge >= 0.3 is 0 Å². The summed E-state index contributed by atoms with van der Waals surface area (Å²) < 4.78 is 26.7. The molecule has 0 radical (unpaired) electrons. The van der Waals surface area contributed by atoms with Crippen molar-refractivity contribution in [1.29, 1.82) is 0 Å². The van der Waals surface area contributed by atoms with Crippen LogP contribution in [0.3, 0.4) is 0 Å². The number of hydrogen-bond donors (Lipinski definition) is 2. The molecular formula is C13H22ClN3O2S. The van der Waals surface area contributed by atoms with E-state index in [0.717, 1.165) is 19.4 Å². The number of pyridine rings is 1. The van der Waals surface area contributed by atoms with Crippen LogP contribution in [0.25, 0.3) is 0 Å². The summed E-state index contributed by atoms with van der Waals surface area (Å²) in [6.07, 6.45) is 3.05. The van der Waals surface area contributed by atoms with E-state index >= 15 is 0 Å². The Morgan fingerprint density at radius 1 is 1.35 bits per heavy atom. The molecule has 0 atom stereocenters. The third kappa shape index (κ3) is 5.26. The molecule has 2 N–H and O–H groups in total. The predicted octanol–water partition coefficient (Wildman–Crippen LogP) is 2.88. The van der Waals surface area contributed by atoms with E-state index in [0.29, 0.717) is 23.3 Å². The second-order valence-electron chi connectivity index (χ2n) is 5.01. The van der Waals surface area contributed by atoms with Crippen molar-refractivity contribution in [3.63, 3.8) is 0 Å². The zero-order valence-corrected chi connectivity index (χ0v) is 13.7. The summed E-state index contributed by atoms with van der Waals surface area (Å²) in [5, 5.41) is 3.35. The van der Waals surface area contributed by atoms with Crippen molar-refractivity contribution in [2.24, 2.45) is 5.92 Å². The number of sulfonamides is 1. The topological polar surface area (TPSA) is 71.1 Å². The van der Waals surface area contributed by atoms with Crippen LogP contribution >= 0.6 is 11.6 Å². The molecule has 0 aromatic carbocycles. The molecule has 1 aromatic rings. The van der Waals surface area contributed by atoms with Gasteiger partial charge in [0, 0.05) is 19.3 Å². The minimum absolute atomic E-state index is 0.0910. The lowest BCUT2D eigenvalue weighted by Crippen LogP contribution is -2.25. The fourth-order valence-electron chi connectivity index (χ4n) is 1.51. The summed E-state index contributed by atoms with van der Waals surface area (Å²) >= 11 is 6.04. The molecule has 1 aromatic heterocycles. The Morgan fingerprint density at radius 2 is 2.05 bits per heavy atom. The number of nitrogens with zero attached hydrogens (tertiary/aromatic N) is 1. The molecule has 0 bridgehead atoms. The van der Waals surface area contributed by atoms with Gasteiger partial charge < -0.3 is 5.32 Å². The smallest absolute Gasteiger partial charge is 0.242 e. The predicted molar refractivity (Wildman–Crippen MR) is 82.7 cm³/mol. The summed E-state index contributed by atoms with van der Waals surface area (Å²) in [5.41, 5.74) is 0. The molecular weight excluding hydrogens is 298 g/mol. The number of aromatic nitrogens is 1. The van der Waals surface area contributed by atoms with Crippen LogP contribution in [-0.4, -0.2) is 26.5 Å². The number of halogens is 1. The van der Waals surface area contributed by atoms with Crippen LogP contribution in [0.1, 0.15) is 33.6 Å². The van der Waals surface area contributed by atoms with E-state index in [4.69, 9.17) is 11.6 Å². The van der Waals surface area contributed by atoms with Crippen LogP contribution in [0.15, 0.2) is 17.2 Å². The molecule has 20 heavy (non-hydrogen) atoms. The third-order valence-corrected chi connectivity index (χ3v) is 4.40. The Kier molecular flexibility index (Phi) is 6.71. The second-order valence-corrected chi connectivity index (χ2v) is 7.18. The molecule has 0 fully saturated rings. The van der Waals surface area contributed by atoms with Crippen LogP contribution in [0.4, 0.5) is 5.82 Å². The van der Waals surface area contributed by atoms with Gasteiger partial charge in [0.2, 0.25) is 10.0 Å². The minimum atomic E-state index is -3.54. The zero-order chi connectivity index (χ0) is 15.2. The van der Waals surface area contributed by atoms with Crippen LogP contribution in [0, 0.1) is 5.92 Å². The van der Waals surface area contributed by atoms with Gasteiger partial charge in [0.1, 0.15) is 10.7 Å². The maximum Gasteiger partial charge on any atom is 0.242 e. The largest absolute Gasteiger partial charge is 0.369 e. The zero-order valence-electron chi connectivity index (χ0n) is 12.1. The van der Waals surface area contributed by atoms with E-state index in [1.54, 1.807) is 0 Å². The molecule has 0 aliphatic rings. The van der Waals surface area contributed by atoms with Gasteiger partial charge in [0.15, 0.2) is 0 Å². The first-order valence-corrected chi connectivity index (χ1v) is 8.62. The fraction of sp³-hybridized carbons (Fsp3) is 0.615. The normalized spacial score (nSPS) is 11.8. The molecule has 0 aliphatic carbocycles. The number of hydrogen-bond acceptors (Lipinski definition) is 4. The highest BCUT2D eigenvalue weighted by molar-refractivity contribution is 7.89. The van der Waals surface area contributed by atoms with Crippen molar-refractivity contribution < 1.29 is 8.42 Å². The Balaban J connectivity index is 2.78. The van der Waals surface area contributed by atoms with Crippen molar-refractivity contribution in [2.75, 3.05) is 18.4 Å². The molecule has 1 heterocycles. The molecule has 7 heteroatoms. The van der Waals surface area contributed by atoms with Gasteiger partial charge in [-0.2, -0.15) is 0 Å². The minimum Gasteiger partial charge on any atom is -0.369 e. The van der Waals surface area contributed by atoms with Crippen LogP contribution in [-0.2, 0) is 10.0 Å². The molecule has 1 rings (SSSR count). The average molecular weight is 320 g/mol. The molecule has 5 nitrogen and oxygen atoms in total. The van der Waals surface area contributed by atoms with E-state index in [1.165, 1.54) is 12.3 Å². The summed E-state index contributed by atoms with van der Waals surface area (Å²) in [6.45, 7) is 7.26. The SMILES string of the molecule is CCCNc1ncc(S(=O)(=O)NCCC(C)C)cc1Cl. The van der Waals surface area contributed by atoms with Gasteiger partial charge in [-0.15, -0.1) is 0 Å². The first-order chi connectivity index (χ1) is 9.36. The van der Waals surface area contributed by atoms with Crippen molar-refractivity contribution in [2.45, 2.75) is 38.5 Å². The van der Waals surface area contributed by atoms with Crippen LogP contribution in [0.2, 0.25) is 5.02 Å². The quantitative estimate of drug-likeness (QED) is 0.773. The number of anilines is 1. The molecule has 0 saturated carbocycles.